The van der Waals surface area contributed by atoms with E-state index in [2.05, 4.69) is 12.7 Å². The summed E-state index contributed by atoms with van der Waals surface area (Å²) >= 11 is 0. The third-order valence-electron chi connectivity index (χ3n) is 1.73. The zero-order valence-corrected chi connectivity index (χ0v) is 6.03. The van der Waals surface area contributed by atoms with Crippen LogP contribution < -0.4 is 0 Å². The molecule has 0 aliphatic carbocycles. The molecule has 0 saturated carbocycles. The van der Waals surface area contributed by atoms with Crippen molar-refractivity contribution in [2.24, 2.45) is 0 Å². The van der Waals surface area contributed by atoms with Gasteiger partial charge in [-0.05, 0) is 12.8 Å². The number of hydrogen-bond donors (Lipinski definition) is 1. The summed E-state index contributed by atoms with van der Waals surface area (Å²) in [5.41, 5.74) is 0. The lowest BCUT2D eigenvalue weighted by Crippen LogP contribution is -2.33. The minimum absolute atomic E-state index is 0.252. The van der Waals surface area contributed by atoms with Gasteiger partial charge >= 0.3 is 0 Å². The van der Waals surface area contributed by atoms with Crippen molar-refractivity contribution in [3.8, 4) is 0 Å². The fraction of sp³-hybridized carbons (Fsp3) is 0.500. The average molecular weight is 139 g/mol. The molecule has 1 atom stereocenters. The fourth-order valence-electron chi connectivity index (χ4n) is 1.12. The van der Waals surface area contributed by atoms with Crippen molar-refractivity contribution >= 4 is 0 Å². The molecule has 0 fully saturated rings. The number of hydroxylamine groups is 2. The van der Waals surface area contributed by atoms with Gasteiger partial charge in [0, 0.05) is 12.6 Å². The molecule has 1 unspecified atom stereocenters. The summed E-state index contributed by atoms with van der Waals surface area (Å²) in [5.74, 6) is 0. The van der Waals surface area contributed by atoms with Crippen LogP contribution in [-0.2, 0) is 0 Å². The van der Waals surface area contributed by atoms with E-state index < -0.39 is 0 Å². The second-order valence-corrected chi connectivity index (χ2v) is 2.51. The third-order valence-corrected chi connectivity index (χ3v) is 1.73. The molecule has 0 bridgehead atoms. The topological polar surface area (TPSA) is 23.5 Å². The maximum atomic E-state index is 9.23. The van der Waals surface area contributed by atoms with Gasteiger partial charge in [-0.25, -0.2) is 0 Å². The molecule has 1 aliphatic rings. The van der Waals surface area contributed by atoms with Crippen LogP contribution in [-0.4, -0.2) is 22.9 Å². The number of nitrogens with zero attached hydrogens (tertiary/aromatic N) is 1. The highest BCUT2D eigenvalue weighted by Crippen LogP contribution is 2.11. The van der Waals surface area contributed by atoms with Crippen molar-refractivity contribution in [2.45, 2.75) is 18.9 Å². The summed E-state index contributed by atoms with van der Waals surface area (Å²) < 4.78 is 0. The van der Waals surface area contributed by atoms with Crippen LogP contribution in [0.15, 0.2) is 24.8 Å². The van der Waals surface area contributed by atoms with E-state index >= 15 is 0 Å². The highest BCUT2D eigenvalue weighted by atomic mass is 16.5. The number of rotatable bonds is 2. The molecule has 1 rings (SSSR count). The summed E-state index contributed by atoms with van der Waals surface area (Å²) in [6.45, 7) is 4.28. The SMILES string of the molecule is C=CCC1CC=CCN1O. The van der Waals surface area contributed by atoms with Gasteiger partial charge < -0.3 is 5.21 Å². The minimum Gasteiger partial charge on any atom is -0.313 e. The van der Waals surface area contributed by atoms with Gasteiger partial charge in [-0.2, -0.15) is 5.06 Å². The van der Waals surface area contributed by atoms with E-state index in [0.29, 0.717) is 6.54 Å². The summed E-state index contributed by atoms with van der Waals surface area (Å²) in [7, 11) is 0. The molecule has 0 spiro atoms. The van der Waals surface area contributed by atoms with Crippen molar-refractivity contribution < 1.29 is 5.21 Å². The average Bonchev–Trinajstić information content (AvgIpc) is 1.94. The lowest BCUT2D eigenvalue weighted by Gasteiger charge is -2.25. The lowest BCUT2D eigenvalue weighted by atomic mass is 10.1. The molecule has 1 aliphatic heterocycles. The van der Waals surface area contributed by atoms with Gasteiger partial charge in [0.25, 0.3) is 0 Å². The number of hydrogen-bond acceptors (Lipinski definition) is 2. The molecular weight excluding hydrogens is 126 g/mol. The van der Waals surface area contributed by atoms with Crippen LogP contribution in [0.2, 0.25) is 0 Å². The van der Waals surface area contributed by atoms with Crippen LogP contribution in [0, 0.1) is 0 Å². The third kappa shape index (κ3) is 1.69. The summed E-state index contributed by atoms with van der Waals surface area (Å²) in [6, 6.07) is 0.252. The van der Waals surface area contributed by atoms with Crippen LogP contribution in [0.1, 0.15) is 12.8 Å². The smallest absolute Gasteiger partial charge is 0.0422 e. The first-order valence-corrected chi connectivity index (χ1v) is 3.56. The predicted molar refractivity (Wildman–Crippen MR) is 40.9 cm³/mol. The Hall–Kier alpha value is -0.600. The Morgan fingerprint density at radius 3 is 3.10 bits per heavy atom. The highest BCUT2D eigenvalue weighted by Gasteiger charge is 2.14. The molecule has 0 amide bonds. The Balaban J connectivity index is 2.42. The highest BCUT2D eigenvalue weighted by molar-refractivity contribution is 4.95. The zero-order valence-electron chi connectivity index (χ0n) is 6.03. The Morgan fingerprint density at radius 2 is 2.50 bits per heavy atom. The summed E-state index contributed by atoms with van der Waals surface area (Å²) in [4.78, 5) is 0. The quantitative estimate of drug-likeness (QED) is 0.587. The minimum atomic E-state index is 0.252. The van der Waals surface area contributed by atoms with Gasteiger partial charge in [0.15, 0.2) is 0 Å². The molecule has 0 aromatic heterocycles. The van der Waals surface area contributed by atoms with Crippen molar-refractivity contribution in [3.05, 3.63) is 24.8 Å². The molecule has 0 saturated heterocycles. The normalized spacial score (nSPS) is 26.7. The van der Waals surface area contributed by atoms with E-state index in [1.807, 2.05) is 12.2 Å². The van der Waals surface area contributed by atoms with Crippen LogP contribution in [0.25, 0.3) is 0 Å². The molecule has 0 radical (unpaired) electrons. The first-order chi connectivity index (χ1) is 4.84. The van der Waals surface area contributed by atoms with Crippen LogP contribution in [0.5, 0.6) is 0 Å². The van der Waals surface area contributed by atoms with Crippen molar-refractivity contribution in [2.75, 3.05) is 6.54 Å². The summed E-state index contributed by atoms with van der Waals surface area (Å²) in [5, 5.41) is 10.6. The molecule has 0 aromatic rings. The van der Waals surface area contributed by atoms with E-state index in [1.54, 1.807) is 0 Å². The van der Waals surface area contributed by atoms with E-state index in [1.165, 1.54) is 5.06 Å². The Bertz CT molecular complexity index is 142. The molecule has 56 valence electrons. The Kier molecular flexibility index (Phi) is 2.66. The van der Waals surface area contributed by atoms with Crippen molar-refractivity contribution in [1.29, 1.82) is 0 Å². The Morgan fingerprint density at radius 1 is 1.70 bits per heavy atom. The monoisotopic (exact) mass is 139 g/mol. The second kappa shape index (κ2) is 3.54. The first kappa shape index (κ1) is 7.51. The molecule has 10 heavy (non-hydrogen) atoms. The van der Waals surface area contributed by atoms with Gasteiger partial charge in [0.05, 0.1) is 0 Å². The molecule has 0 aromatic carbocycles. The molecule has 2 nitrogen and oxygen atoms in total. The van der Waals surface area contributed by atoms with Crippen molar-refractivity contribution in [3.63, 3.8) is 0 Å². The van der Waals surface area contributed by atoms with Gasteiger partial charge in [-0.3, -0.25) is 0 Å². The summed E-state index contributed by atoms with van der Waals surface area (Å²) in [6.07, 6.45) is 7.71. The molecule has 1 N–H and O–H groups in total. The maximum absolute atomic E-state index is 9.23. The van der Waals surface area contributed by atoms with Gasteiger partial charge in [-0.15, -0.1) is 6.58 Å². The second-order valence-electron chi connectivity index (χ2n) is 2.51. The largest absolute Gasteiger partial charge is 0.313 e. The van der Waals surface area contributed by atoms with E-state index in [9.17, 15) is 5.21 Å². The molecular formula is C8H13NO. The molecule has 1 heterocycles. The van der Waals surface area contributed by atoms with Gasteiger partial charge in [0.2, 0.25) is 0 Å². The van der Waals surface area contributed by atoms with Crippen LogP contribution >= 0.6 is 0 Å². The standard InChI is InChI=1S/C8H13NO/c1-2-5-8-6-3-4-7-9(8)10/h2-4,8,10H,1,5-7H2. The van der Waals surface area contributed by atoms with Crippen LogP contribution in [0.4, 0.5) is 0 Å². The van der Waals surface area contributed by atoms with E-state index in [-0.39, 0.29) is 6.04 Å². The van der Waals surface area contributed by atoms with E-state index in [0.717, 1.165) is 12.8 Å². The lowest BCUT2D eigenvalue weighted by molar-refractivity contribution is -0.118. The van der Waals surface area contributed by atoms with Crippen LogP contribution in [0.3, 0.4) is 0 Å². The first-order valence-electron chi connectivity index (χ1n) is 3.56. The Labute approximate surface area is 61.4 Å². The predicted octanol–water partition coefficient (Wildman–Crippen LogP) is 1.58. The van der Waals surface area contributed by atoms with E-state index in [4.69, 9.17) is 0 Å². The van der Waals surface area contributed by atoms with Gasteiger partial charge in [-0.1, -0.05) is 18.2 Å². The van der Waals surface area contributed by atoms with Crippen molar-refractivity contribution in [1.82, 2.24) is 5.06 Å². The fourth-order valence-corrected chi connectivity index (χ4v) is 1.12. The maximum Gasteiger partial charge on any atom is 0.0422 e. The molecule has 2 heteroatoms. The zero-order chi connectivity index (χ0) is 7.40. The van der Waals surface area contributed by atoms with Gasteiger partial charge in [0.1, 0.15) is 0 Å².